The van der Waals surface area contributed by atoms with Crippen molar-refractivity contribution in [3.8, 4) is 0 Å². The first-order chi connectivity index (χ1) is 6.25. The lowest BCUT2D eigenvalue weighted by Gasteiger charge is -2.03. The second-order valence-electron chi connectivity index (χ2n) is 3.59. The molecule has 0 aliphatic carbocycles. The zero-order valence-corrected chi connectivity index (χ0v) is 9.30. The average molecular weight is 241 g/mol. The molecule has 0 N–H and O–H groups in total. The molecule has 1 aliphatic heterocycles. The highest BCUT2D eigenvalue weighted by Crippen LogP contribution is 2.23. The molecule has 1 aromatic rings. The van der Waals surface area contributed by atoms with Crippen molar-refractivity contribution >= 4 is 15.9 Å². The van der Waals surface area contributed by atoms with Gasteiger partial charge in [0, 0.05) is 4.47 Å². The molecule has 1 aromatic carbocycles. The molecule has 1 saturated heterocycles. The Bertz CT molecular complexity index is 305. The first kappa shape index (κ1) is 9.22. The molecule has 0 aromatic heterocycles. The summed E-state index contributed by atoms with van der Waals surface area (Å²) in [5.74, 6) is 0. The lowest BCUT2D eigenvalue weighted by Crippen LogP contribution is -1.92. The van der Waals surface area contributed by atoms with E-state index in [1.807, 2.05) is 0 Å². The molecule has 1 fully saturated rings. The third-order valence-electron chi connectivity index (χ3n) is 2.35. The minimum Gasteiger partial charge on any atom is -0.373 e. The molecule has 1 unspecified atom stereocenters. The molecular formula is C11H13BrO. The van der Waals surface area contributed by atoms with Crippen LogP contribution in [-0.4, -0.2) is 12.7 Å². The number of ether oxygens (including phenoxy) is 1. The van der Waals surface area contributed by atoms with Gasteiger partial charge in [0.1, 0.15) is 0 Å². The Labute approximate surface area is 87.2 Å². The fourth-order valence-electron chi connectivity index (χ4n) is 1.41. The summed E-state index contributed by atoms with van der Waals surface area (Å²) in [6.45, 7) is 3.07. The van der Waals surface area contributed by atoms with Gasteiger partial charge in [-0.1, -0.05) is 28.1 Å². The molecule has 1 heterocycles. The lowest BCUT2D eigenvalue weighted by molar-refractivity contribution is 0.396. The fourth-order valence-corrected chi connectivity index (χ4v) is 2.10. The van der Waals surface area contributed by atoms with Crippen molar-refractivity contribution in [2.45, 2.75) is 25.9 Å². The summed E-state index contributed by atoms with van der Waals surface area (Å²) in [4.78, 5) is 0. The van der Waals surface area contributed by atoms with Crippen LogP contribution in [0.4, 0.5) is 0 Å². The maximum atomic E-state index is 5.18. The minimum absolute atomic E-state index is 0.535. The van der Waals surface area contributed by atoms with Crippen LogP contribution in [-0.2, 0) is 11.2 Å². The highest BCUT2D eigenvalue weighted by Gasteiger charge is 2.21. The van der Waals surface area contributed by atoms with E-state index < -0.39 is 0 Å². The van der Waals surface area contributed by atoms with E-state index in [9.17, 15) is 0 Å². The van der Waals surface area contributed by atoms with Gasteiger partial charge < -0.3 is 4.74 Å². The fraction of sp³-hybridized carbons (Fsp3) is 0.455. The Balaban J connectivity index is 2.01. The van der Waals surface area contributed by atoms with Crippen molar-refractivity contribution in [2.75, 3.05) is 6.61 Å². The first-order valence-corrected chi connectivity index (χ1v) is 5.41. The Kier molecular flexibility index (Phi) is 2.70. The summed E-state index contributed by atoms with van der Waals surface area (Å²) < 4.78 is 6.41. The molecule has 1 aliphatic rings. The van der Waals surface area contributed by atoms with Crippen LogP contribution in [0.2, 0.25) is 0 Å². The smallest absolute Gasteiger partial charge is 0.0813 e. The van der Waals surface area contributed by atoms with Crippen LogP contribution in [0.1, 0.15) is 17.5 Å². The van der Waals surface area contributed by atoms with E-state index in [0.29, 0.717) is 6.10 Å². The van der Waals surface area contributed by atoms with Gasteiger partial charge >= 0.3 is 0 Å². The van der Waals surface area contributed by atoms with Crippen molar-refractivity contribution in [3.05, 3.63) is 33.8 Å². The van der Waals surface area contributed by atoms with Gasteiger partial charge in [0.2, 0.25) is 0 Å². The van der Waals surface area contributed by atoms with Crippen LogP contribution in [0.3, 0.4) is 0 Å². The first-order valence-electron chi connectivity index (χ1n) is 4.62. The highest BCUT2D eigenvalue weighted by atomic mass is 79.9. The highest BCUT2D eigenvalue weighted by molar-refractivity contribution is 9.10. The molecule has 70 valence electrons. The Morgan fingerprint density at radius 3 is 2.92 bits per heavy atom. The third kappa shape index (κ3) is 2.55. The van der Waals surface area contributed by atoms with Crippen molar-refractivity contribution in [3.63, 3.8) is 0 Å². The number of aryl methyl sites for hydroxylation is 2. The van der Waals surface area contributed by atoms with Crippen molar-refractivity contribution in [2.24, 2.45) is 0 Å². The molecule has 2 rings (SSSR count). The monoisotopic (exact) mass is 240 g/mol. The molecule has 0 saturated carbocycles. The Morgan fingerprint density at radius 2 is 2.31 bits per heavy atom. The van der Waals surface area contributed by atoms with Gasteiger partial charge in [-0.05, 0) is 37.0 Å². The predicted octanol–water partition coefficient (Wildman–Crippen LogP) is 3.09. The summed E-state index contributed by atoms with van der Waals surface area (Å²) in [5, 5.41) is 0. The summed E-state index contributed by atoms with van der Waals surface area (Å²) in [5.41, 5.74) is 2.69. The standard InChI is InChI=1S/C11H13BrO/c1-8-2-3-9(11(12)6-8)4-5-10-7-13-10/h2-3,6,10H,4-5,7H2,1H3. The third-order valence-corrected chi connectivity index (χ3v) is 3.08. The Hall–Kier alpha value is -0.340. The largest absolute Gasteiger partial charge is 0.373 e. The van der Waals surface area contributed by atoms with Crippen LogP contribution < -0.4 is 0 Å². The van der Waals surface area contributed by atoms with E-state index in [2.05, 4.69) is 41.1 Å². The van der Waals surface area contributed by atoms with Crippen molar-refractivity contribution in [1.29, 1.82) is 0 Å². The second kappa shape index (κ2) is 3.81. The number of rotatable bonds is 3. The van der Waals surface area contributed by atoms with Gasteiger partial charge in [-0.25, -0.2) is 0 Å². The zero-order valence-electron chi connectivity index (χ0n) is 7.72. The van der Waals surface area contributed by atoms with Gasteiger partial charge in [-0.3, -0.25) is 0 Å². The minimum atomic E-state index is 0.535. The molecular weight excluding hydrogens is 228 g/mol. The molecule has 0 bridgehead atoms. The summed E-state index contributed by atoms with van der Waals surface area (Å²) in [6, 6.07) is 6.53. The van der Waals surface area contributed by atoms with Gasteiger partial charge in [-0.15, -0.1) is 0 Å². The average Bonchev–Trinajstić information content (AvgIpc) is 2.86. The van der Waals surface area contributed by atoms with E-state index in [-0.39, 0.29) is 0 Å². The summed E-state index contributed by atoms with van der Waals surface area (Å²) >= 11 is 3.58. The van der Waals surface area contributed by atoms with E-state index in [1.165, 1.54) is 15.6 Å². The van der Waals surface area contributed by atoms with Crippen molar-refractivity contribution < 1.29 is 4.74 Å². The van der Waals surface area contributed by atoms with E-state index in [1.54, 1.807) is 0 Å². The lowest BCUT2D eigenvalue weighted by atomic mass is 10.1. The van der Waals surface area contributed by atoms with Crippen molar-refractivity contribution in [1.82, 2.24) is 0 Å². The number of epoxide rings is 1. The van der Waals surface area contributed by atoms with E-state index in [0.717, 1.165) is 19.4 Å². The van der Waals surface area contributed by atoms with Crippen LogP contribution in [0.15, 0.2) is 22.7 Å². The van der Waals surface area contributed by atoms with Crippen LogP contribution in [0, 0.1) is 6.92 Å². The maximum Gasteiger partial charge on any atom is 0.0813 e. The maximum absolute atomic E-state index is 5.18. The van der Waals surface area contributed by atoms with E-state index in [4.69, 9.17) is 4.74 Å². The molecule has 1 atom stereocenters. The van der Waals surface area contributed by atoms with Gasteiger partial charge in [0.25, 0.3) is 0 Å². The SMILES string of the molecule is Cc1ccc(CCC2CO2)c(Br)c1. The van der Waals surface area contributed by atoms with Gasteiger partial charge in [-0.2, -0.15) is 0 Å². The van der Waals surface area contributed by atoms with Gasteiger partial charge in [0.05, 0.1) is 12.7 Å². The normalized spacial score (nSPS) is 20.3. The van der Waals surface area contributed by atoms with Gasteiger partial charge in [0.15, 0.2) is 0 Å². The van der Waals surface area contributed by atoms with E-state index >= 15 is 0 Å². The summed E-state index contributed by atoms with van der Waals surface area (Å²) in [6.07, 6.45) is 2.81. The summed E-state index contributed by atoms with van der Waals surface area (Å²) in [7, 11) is 0. The zero-order chi connectivity index (χ0) is 9.26. The molecule has 0 spiro atoms. The second-order valence-corrected chi connectivity index (χ2v) is 4.44. The predicted molar refractivity (Wildman–Crippen MR) is 56.9 cm³/mol. The molecule has 13 heavy (non-hydrogen) atoms. The molecule has 0 radical (unpaired) electrons. The Morgan fingerprint density at radius 1 is 1.54 bits per heavy atom. The molecule has 0 amide bonds. The van der Waals surface area contributed by atoms with Crippen LogP contribution >= 0.6 is 15.9 Å². The number of benzene rings is 1. The number of hydrogen-bond acceptors (Lipinski definition) is 1. The molecule has 1 nitrogen and oxygen atoms in total. The molecule has 2 heteroatoms. The number of hydrogen-bond donors (Lipinski definition) is 0. The quantitative estimate of drug-likeness (QED) is 0.741. The van der Waals surface area contributed by atoms with Crippen LogP contribution in [0.5, 0.6) is 0 Å². The topological polar surface area (TPSA) is 12.5 Å². The van der Waals surface area contributed by atoms with Crippen LogP contribution in [0.25, 0.3) is 0 Å². The number of halogens is 1.